The quantitative estimate of drug-likeness (QED) is 0.560. The van der Waals surface area contributed by atoms with E-state index in [9.17, 15) is 18.4 Å². The fourth-order valence-electron chi connectivity index (χ4n) is 1.94. The average molecular weight is 386 g/mol. The summed E-state index contributed by atoms with van der Waals surface area (Å²) in [5.41, 5.74) is -0.316. The number of amides is 2. The second-order valence-electron chi connectivity index (χ2n) is 4.09. The van der Waals surface area contributed by atoms with E-state index in [2.05, 4.69) is 4.98 Å². The number of aromatic nitrogens is 1. The molecule has 3 rings (SSSR count). The molecule has 0 N–H and O–H groups in total. The number of carbonyl (C=O) groups is 2. The third kappa shape index (κ3) is 1.89. The van der Waals surface area contributed by atoms with Gasteiger partial charge in [-0.15, -0.1) is 0 Å². The third-order valence-corrected chi connectivity index (χ3v) is 3.51. The number of imide groups is 1. The van der Waals surface area contributed by atoms with Crippen LogP contribution >= 0.6 is 22.6 Å². The minimum absolute atomic E-state index is 0.123. The Labute approximate surface area is 125 Å². The summed E-state index contributed by atoms with van der Waals surface area (Å²) in [7, 11) is 0. The number of anilines is 1. The summed E-state index contributed by atoms with van der Waals surface area (Å²) < 4.78 is 27.2. The van der Waals surface area contributed by atoms with Gasteiger partial charge in [-0.2, -0.15) is 0 Å². The standard InChI is InChI=1S/C13H5F2IN2O2/c14-9-3-7-8(4-10(9)15)13(20)18(12(7)19)11-2-1-6(16)5-17-11/h1-5H. The summed E-state index contributed by atoms with van der Waals surface area (Å²) in [5.74, 6) is -3.63. The van der Waals surface area contributed by atoms with Crippen LogP contribution in [0.1, 0.15) is 20.7 Å². The van der Waals surface area contributed by atoms with Crippen LogP contribution in [0.2, 0.25) is 0 Å². The summed E-state index contributed by atoms with van der Waals surface area (Å²) in [6.45, 7) is 0. The molecule has 1 aliphatic rings. The molecule has 0 atom stereocenters. The van der Waals surface area contributed by atoms with Gasteiger partial charge in [0.2, 0.25) is 0 Å². The van der Waals surface area contributed by atoms with Crippen LogP contribution in [-0.4, -0.2) is 16.8 Å². The van der Waals surface area contributed by atoms with E-state index < -0.39 is 23.4 Å². The minimum Gasteiger partial charge on any atom is -0.268 e. The maximum atomic E-state index is 13.2. The van der Waals surface area contributed by atoms with E-state index in [1.54, 1.807) is 6.07 Å². The largest absolute Gasteiger partial charge is 0.268 e. The number of fused-ring (bicyclic) bond motifs is 1. The van der Waals surface area contributed by atoms with Gasteiger partial charge in [0.25, 0.3) is 11.8 Å². The number of nitrogens with zero attached hydrogens (tertiary/aromatic N) is 2. The van der Waals surface area contributed by atoms with Gasteiger partial charge in [-0.05, 0) is 46.9 Å². The van der Waals surface area contributed by atoms with E-state index in [0.717, 1.165) is 20.6 Å². The summed E-state index contributed by atoms with van der Waals surface area (Å²) >= 11 is 2.03. The Morgan fingerprint density at radius 3 is 2.00 bits per heavy atom. The number of benzene rings is 1. The van der Waals surface area contributed by atoms with E-state index in [-0.39, 0.29) is 16.9 Å². The van der Waals surface area contributed by atoms with Crippen LogP contribution in [0.15, 0.2) is 30.5 Å². The van der Waals surface area contributed by atoms with Gasteiger partial charge in [-0.1, -0.05) is 0 Å². The van der Waals surface area contributed by atoms with Crippen molar-refractivity contribution in [1.82, 2.24) is 4.98 Å². The van der Waals surface area contributed by atoms with Gasteiger partial charge in [-0.3, -0.25) is 9.59 Å². The van der Waals surface area contributed by atoms with E-state index in [1.807, 2.05) is 22.6 Å². The molecule has 0 fully saturated rings. The first-order chi connectivity index (χ1) is 9.49. The van der Waals surface area contributed by atoms with Gasteiger partial charge in [0.15, 0.2) is 11.6 Å². The Bertz CT molecular complexity index is 706. The maximum Gasteiger partial charge on any atom is 0.267 e. The van der Waals surface area contributed by atoms with Crippen molar-refractivity contribution >= 4 is 40.2 Å². The zero-order valence-corrected chi connectivity index (χ0v) is 11.9. The zero-order valence-electron chi connectivity index (χ0n) is 9.73. The van der Waals surface area contributed by atoms with Crippen LogP contribution in [0.3, 0.4) is 0 Å². The van der Waals surface area contributed by atoms with Gasteiger partial charge in [-0.25, -0.2) is 18.7 Å². The first-order valence-electron chi connectivity index (χ1n) is 5.48. The lowest BCUT2D eigenvalue weighted by Gasteiger charge is -2.12. The molecular weight excluding hydrogens is 381 g/mol. The van der Waals surface area contributed by atoms with Gasteiger partial charge >= 0.3 is 0 Å². The van der Waals surface area contributed by atoms with E-state index in [1.165, 1.54) is 12.3 Å². The molecule has 2 amide bonds. The number of halogens is 3. The monoisotopic (exact) mass is 386 g/mol. The number of rotatable bonds is 1. The van der Waals surface area contributed by atoms with Crippen LogP contribution in [0.4, 0.5) is 14.6 Å². The van der Waals surface area contributed by atoms with Crippen molar-refractivity contribution in [3.8, 4) is 0 Å². The average Bonchev–Trinajstić information content (AvgIpc) is 2.65. The predicted octanol–water partition coefficient (Wildman–Crippen LogP) is 2.77. The summed E-state index contributed by atoms with van der Waals surface area (Å²) in [6, 6.07) is 4.64. The molecule has 0 unspecified atom stereocenters. The number of hydrogen-bond acceptors (Lipinski definition) is 3. The van der Waals surface area contributed by atoms with Crippen molar-refractivity contribution in [1.29, 1.82) is 0 Å². The second kappa shape index (κ2) is 4.58. The molecule has 1 aromatic carbocycles. The molecule has 7 heteroatoms. The van der Waals surface area contributed by atoms with Crippen LogP contribution in [0.25, 0.3) is 0 Å². The SMILES string of the molecule is O=C1c2cc(F)c(F)cc2C(=O)N1c1ccc(I)cn1. The molecule has 0 bridgehead atoms. The van der Waals surface area contributed by atoms with Crippen LogP contribution in [-0.2, 0) is 0 Å². The van der Waals surface area contributed by atoms with Gasteiger partial charge < -0.3 is 0 Å². The first kappa shape index (κ1) is 13.1. The lowest BCUT2D eigenvalue weighted by Crippen LogP contribution is -2.30. The maximum absolute atomic E-state index is 13.2. The Morgan fingerprint density at radius 2 is 1.55 bits per heavy atom. The first-order valence-corrected chi connectivity index (χ1v) is 6.56. The zero-order chi connectivity index (χ0) is 14.4. The Balaban J connectivity index is 2.12. The summed E-state index contributed by atoms with van der Waals surface area (Å²) in [4.78, 5) is 29.0. The lowest BCUT2D eigenvalue weighted by atomic mass is 10.1. The molecule has 2 aromatic rings. The van der Waals surface area contributed by atoms with Crippen molar-refractivity contribution in [2.24, 2.45) is 0 Å². The highest BCUT2D eigenvalue weighted by atomic mass is 127. The van der Waals surface area contributed by atoms with E-state index >= 15 is 0 Å². The summed E-state index contributed by atoms with van der Waals surface area (Å²) in [5, 5.41) is 0. The topological polar surface area (TPSA) is 50.3 Å². The smallest absolute Gasteiger partial charge is 0.267 e. The Kier molecular flexibility index (Phi) is 3.00. The minimum atomic E-state index is -1.16. The molecule has 2 heterocycles. The highest BCUT2D eigenvalue weighted by Crippen LogP contribution is 2.28. The van der Waals surface area contributed by atoms with Gasteiger partial charge in [0, 0.05) is 9.77 Å². The van der Waals surface area contributed by atoms with Gasteiger partial charge in [0.05, 0.1) is 11.1 Å². The summed E-state index contributed by atoms with van der Waals surface area (Å²) in [6.07, 6.45) is 1.49. The molecule has 1 aromatic heterocycles. The van der Waals surface area contributed by atoms with Crippen molar-refractivity contribution in [2.75, 3.05) is 4.90 Å². The molecule has 0 saturated carbocycles. The molecular formula is C13H5F2IN2O2. The third-order valence-electron chi connectivity index (χ3n) is 2.87. The van der Waals surface area contributed by atoms with Crippen molar-refractivity contribution in [3.05, 3.63) is 56.8 Å². The molecule has 0 aliphatic carbocycles. The fourth-order valence-corrected chi connectivity index (χ4v) is 2.26. The lowest BCUT2D eigenvalue weighted by molar-refractivity contribution is 0.0925. The second-order valence-corrected chi connectivity index (χ2v) is 5.34. The van der Waals surface area contributed by atoms with Crippen molar-refractivity contribution < 1.29 is 18.4 Å². The Morgan fingerprint density at radius 1 is 1.00 bits per heavy atom. The van der Waals surface area contributed by atoms with Crippen molar-refractivity contribution in [3.63, 3.8) is 0 Å². The number of carbonyl (C=O) groups excluding carboxylic acids is 2. The van der Waals surface area contributed by atoms with Gasteiger partial charge in [0.1, 0.15) is 5.82 Å². The number of pyridine rings is 1. The van der Waals surface area contributed by atoms with Crippen LogP contribution < -0.4 is 4.90 Å². The highest BCUT2D eigenvalue weighted by Gasteiger charge is 2.38. The molecule has 0 spiro atoms. The molecule has 100 valence electrons. The molecule has 0 radical (unpaired) electrons. The number of hydrogen-bond donors (Lipinski definition) is 0. The van der Waals surface area contributed by atoms with Crippen LogP contribution in [0.5, 0.6) is 0 Å². The highest BCUT2D eigenvalue weighted by molar-refractivity contribution is 14.1. The Hall–Kier alpha value is -1.90. The predicted molar refractivity (Wildman–Crippen MR) is 74.5 cm³/mol. The van der Waals surface area contributed by atoms with Crippen LogP contribution in [0, 0.1) is 15.2 Å². The fraction of sp³-hybridized carbons (Fsp3) is 0. The molecule has 1 aliphatic heterocycles. The van der Waals surface area contributed by atoms with E-state index in [0.29, 0.717) is 0 Å². The molecule has 20 heavy (non-hydrogen) atoms. The molecule has 4 nitrogen and oxygen atoms in total. The van der Waals surface area contributed by atoms with E-state index in [4.69, 9.17) is 0 Å². The normalized spacial score (nSPS) is 13.8. The molecule has 0 saturated heterocycles. The van der Waals surface area contributed by atoms with Crippen molar-refractivity contribution in [2.45, 2.75) is 0 Å².